The van der Waals surface area contributed by atoms with Crippen LogP contribution in [0.5, 0.6) is 0 Å². The molecule has 5 nitrogen and oxygen atoms in total. The summed E-state index contributed by atoms with van der Waals surface area (Å²) in [7, 11) is 0. The molecule has 3 aromatic carbocycles. The molecule has 1 unspecified atom stereocenters. The van der Waals surface area contributed by atoms with Crippen LogP contribution in [0.4, 0.5) is 0 Å². The van der Waals surface area contributed by atoms with Crippen molar-refractivity contribution in [1.29, 1.82) is 5.41 Å². The van der Waals surface area contributed by atoms with Gasteiger partial charge in [-0.15, -0.1) is 11.8 Å². The molecule has 182 valence electrons. The first kappa shape index (κ1) is 24.1. The van der Waals surface area contributed by atoms with E-state index in [1.807, 2.05) is 30.3 Å². The molecule has 6 heteroatoms. The molecular formula is C30H30N4OS. The first-order valence-electron chi connectivity index (χ1n) is 12.3. The maximum atomic E-state index is 12.4. The van der Waals surface area contributed by atoms with E-state index in [0.29, 0.717) is 23.1 Å². The van der Waals surface area contributed by atoms with Crippen molar-refractivity contribution in [2.75, 3.05) is 5.75 Å². The molecule has 3 N–H and O–H groups in total. The number of aliphatic imine (C=N–C) groups is 1. The fraction of sp³-hybridized carbons (Fsp3) is 0.233. The average molecular weight is 495 g/mol. The summed E-state index contributed by atoms with van der Waals surface area (Å²) >= 11 is 1.67. The zero-order valence-electron chi connectivity index (χ0n) is 20.4. The lowest BCUT2D eigenvalue weighted by Gasteiger charge is -2.23. The highest BCUT2D eigenvalue weighted by Gasteiger charge is 2.39. The molecule has 3 aromatic rings. The van der Waals surface area contributed by atoms with E-state index in [1.54, 1.807) is 16.7 Å². The number of hydrogen-bond donors (Lipinski definition) is 2. The first-order valence-corrected chi connectivity index (χ1v) is 13.3. The molecule has 5 rings (SSSR count). The van der Waals surface area contributed by atoms with Gasteiger partial charge in [0, 0.05) is 11.3 Å². The second-order valence-electron chi connectivity index (χ2n) is 9.21. The molecular weight excluding hydrogens is 464 g/mol. The summed E-state index contributed by atoms with van der Waals surface area (Å²) in [5.74, 6) is 1.49. The Kier molecular flexibility index (Phi) is 7.05. The molecule has 2 fully saturated rings. The number of benzene rings is 3. The zero-order chi connectivity index (χ0) is 25.1. The molecule has 1 saturated carbocycles. The molecule has 0 radical (unpaired) electrons. The lowest BCUT2D eigenvalue weighted by atomic mass is 9.92. The minimum Gasteiger partial charge on any atom is -0.385 e. The zero-order valence-corrected chi connectivity index (χ0v) is 21.2. The van der Waals surface area contributed by atoms with Gasteiger partial charge in [0.2, 0.25) is 6.41 Å². The van der Waals surface area contributed by atoms with Crippen LogP contribution in [-0.2, 0) is 11.2 Å². The second kappa shape index (κ2) is 10.5. The smallest absolute Gasteiger partial charge is 0.215 e. The van der Waals surface area contributed by atoms with Crippen LogP contribution in [0.25, 0.3) is 10.8 Å². The van der Waals surface area contributed by atoms with Gasteiger partial charge in [0.05, 0.1) is 5.03 Å². The third kappa shape index (κ3) is 4.86. The number of amidine groups is 2. The minimum absolute atomic E-state index is 0.105. The Balaban J connectivity index is 1.47. The molecule has 0 aromatic heterocycles. The predicted octanol–water partition coefficient (Wildman–Crippen LogP) is 5.91. The highest BCUT2D eigenvalue weighted by molar-refractivity contribution is 8.03. The van der Waals surface area contributed by atoms with Crippen LogP contribution < -0.4 is 5.73 Å². The van der Waals surface area contributed by atoms with Gasteiger partial charge in [-0.2, -0.15) is 0 Å². The van der Waals surface area contributed by atoms with Crippen LogP contribution in [0.3, 0.4) is 0 Å². The first-order chi connectivity index (χ1) is 17.6. The number of nitrogens with zero attached hydrogens (tertiary/aromatic N) is 2. The summed E-state index contributed by atoms with van der Waals surface area (Å²) in [5.41, 5.74) is 10.9. The minimum atomic E-state index is -0.365. The summed E-state index contributed by atoms with van der Waals surface area (Å²) < 4.78 is 0. The van der Waals surface area contributed by atoms with Crippen molar-refractivity contribution in [2.24, 2.45) is 16.6 Å². The number of allylic oxidation sites excluding steroid dienone is 3. The SMILES string of the molecule is C/C=C(Cc1cccc2ccccc12)\C(=C1\SCC(C(N)=NC(=N)c2ccccc2)N1C=O)C1CC1. The lowest BCUT2D eigenvalue weighted by Crippen LogP contribution is -2.41. The Hall–Kier alpha value is -3.64. The van der Waals surface area contributed by atoms with E-state index in [9.17, 15) is 4.79 Å². The fourth-order valence-electron chi connectivity index (χ4n) is 4.84. The average Bonchev–Trinajstić information content (AvgIpc) is 3.66. The summed E-state index contributed by atoms with van der Waals surface area (Å²) in [5, 5.41) is 11.8. The third-order valence-electron chi connectivity index (χ3n) is 6.86. The topological polar surface area (TPSA) is 82.5 Å². The molecule has 1 aliphatic heterocycles. The van der Waals surface area contributed by atoms with Crippen molar-refractivity contribution < 1.29 is 4.79 Å². The number of nitrogens with two attached hydrogens (primary N) is 1. The predicted molar refractivity (Wildman–Crippen MR) is 150 cm³/mol. The van der Waals surface area contributed by atoms with E-state index >= 15 is 0 Å². The van der Waals surface area contributed by atoms with Crippen LogP contribution in [0.1, 0.15) is 30.9 Å². The van der Waals surface area contributed by atoms with Crippen molar-refractivity contribution in [2.45, 2.75) is 32.2 Å². The molecule has 2 aliphatic rings. The summed E-state index contributed by atoms with van der Waals surface area (Å²) in [6, 6.07) is 23.9. The summed E-state index contributed by atoms with van der Waals surface area (Å²) in [6.07, 6.45) is 6.15. The van der Waals surface area contributed by atoms with Gasteiger partial charge in [0.1, 0.15) is 11.9 Å². The van der Waals surface area contributed by atoms with Gasteiger partial charge in [-0.3, -0.25) is 15.1 Å². The maximum Gasteiger partial charge on any atom is 0.215 e. The molecule has 0 bridgehead atoms. The largest absolute Gasteiger partial charge is 0.385 e. The van der Waals surface area contributed by atoms with Gasteiger partial charge >= 0.3 is 0 Å². The quantitative estimate of drug-likeness (QED) is 0.243. The highest BCUT2D eigenvalue weighted by Crippen LogP contribution is 2.48. The van der Waals surface area contributed by atoms with Gasteiger partial charge in [-0.05, 0) is 59.6 Å². The lowest BCUT2D eigenvalue weighted by molar-refractivity contribution is -0.116. The van der Waals surface area contributed by atoms with E-state index in [2.05, 4.69) is 60.5 Å². The van der Waals surface area contributed by atoms with Gasteiger partial charge in [0.15, 0.2) is 5.84 Å². The van der Waals surface area contributed by atoms with Crippen LogP contribution in [-0.4, -0.2) is 34.8 Å². The van der Waals surface area contributed by atoms with E-state index in [0.717, 1.165) is 30.7 Å². The number of rotatable bonds is 7. The summed E-state index contributed by atoms with van der Waals surface area (Å²) in [4.78, 5) is 18.5. The van der Waals surface area contributed by atoms with Crippen LogP contribution in [0.15, 0.2) is 100 Å². The molecule has 36 heavy (non-hydrogen) atoms. The number of amides is 1. The van der Waals surface area contributed by atoms with Gasteiger partial charge in [0.25, 0.3) is 0 Å². The van der Waals surface area contributed by atoms with Gasteiger partial charge in [-0.25, -0.2) is 4.99 Å². The second-order valence-corrected chi connectivity index (χ2v) is 10.2. The van der Waals surface area contributed by atoms with E-state index in [1.165, 1.54) is 27.5 Å². The molecule has 1 aliphatic carbocycles. The van der Waals surface area contributed by atoms with E-state index in [-0.39, 0.29) is 11.9 Å². The van der Waals surface area contributed by atoms with Crippen molar-refractivity contribution in [3.8, 4) is 0 Å². The normalized spacial score (nSPS) is 20.0. The third-order valence-corrected chi connectivity index (χ3v) is 8.05. The molecule has 1 heterocycles. The van der Waals surface area contributed by atoms with E-state index < -0.39 is 0 Å². The Labute approximate surface area is 216 Å². The van der Waals surface area contributed by atoms with Crippen molar-refractivity contribution in [1.82, 2.24) is 4.90 Å². The molecule has 1 saturated heterocycles. The number of hydrogen-bond acceptors (Lipinski definition) is 3. The maximum absolute atomic E-state index is 12.4. The number of thioether (sulfide) groups is 1. The van der Waals surface area contributed by atoms with Gasteiger partial charge in [-0.1, -0.05) is 78.9 Å². The van der Waals surface area contributed by atoms with Crippen molar-refractivity contribution >= 4 is 40.6 Å². The monoisotopic (exact) mass is 494 g/mol. The molecule has 1 atom stereocenters. The molecule has 1 amide bonds. The Morgan fingerprint density at radius 3 is 2.53 bits per heavy atom. The Morgan fingerprint density at radius 1 is 1.08 bits per heavy atom. The van der Waals surface area contributed by atoms with Crippen LogP contribution in [0, 0.1) is 11.3 Å². The number of carbonyl (C=O) groups excluding carboxylic acids is 1. The van der Waals surface area contributed by atoms with Crippen LogP contribution in [0.2, 0.25) is 0 Å². The Morgan fingerprint density at radius 2 is 1.81 bits per heavy atom. The van der Waals surface area contributed by atoms with Crippen LogP contribution >= 0.6 is 11.8 Å². The summed E-state index contributed by atoms with van der Waals surface area (Å²) in [6.45, 7) is 2.09. The van der Waals surface area contributed by atoms with Gasteiger partial charge < -0.3 is 5.73 Å². The van der Waals surface area contributed by atoms with Crippen molar-refractivity contribution in [3.63, 3.8) is 0 Å². The number of nitrogens with one attached hydrogen (secondary N) is 1. The number of fused-ring (bicyclic) bond motifs is 1. The number of carbonyl (C=O) groups is 1. The highest BCUT2D eigenvalue weighted by atomic mass is 32.2. The fourth-order valence-corrected chi connectivity index (χ4v) is 6.25. The standard InChI is InChI=1S/C30H30N4OS/c1-2-20(17-24-13-8-12-21-9-6-7-14-25(21)24)27(22-15-16-22)30-34(19-35)26(18-36-30)29(32)33-28(31)23-10-4-3-5-11-23/h2-14,19,22,26H,15-18H2,1H3,(H3,31,32,33)/b20-2-,30-27-. The molecule has 0 spiro atoms. The van der Waals surface area contributed by atoms with E-state index in [4.69, 9.17) is 11.1 Å². The Bertz CT molecular complexity index is 1380. The van der Waals surface area contributed by atoms with Crippen molar-refractivity contribution in [3.05, 3.63) is 106 Å².